The number of nitrogens with one attached hydrogen (secondary N) is 1. The van der Waals surface area contributed by atoms with Crippen LogP contribution in [0, 0.1) is 0 Å². The third kappa shape index (κ3) is 4.76. The number of hydrogen-bond donors (Lipinski definition) is 1. The number of ether oxygens (including phenoxy) is 4. The summed E-state index contributed by atoms with van der Waals surface area (Å²) in [6, 6.07) is 17.9. The molecular formula is C26H26N2O6. The van der Waals surface area contributed by atoms with Gasteiger partial charge in [0, 0.05) is 29.9 Å². The van der Waals surface area contributed by atoms with Gasteiger partial charge in [-0.05, 0) is 36.4 Å². The molecule has 0 saturated carbocycles. The van der Waals surface area contributed by atoms with Crippen LogP contribution < -0.4 is 24.3 Å². The van der Waals surface area contributed by atoms with Crippen molar-refractivity contribution in [1.82, 2.24) is 4.90 Å². The Morgan fingerprint density at radius 3 is 2.50 bits per heavy atom. The van der Waals surface area contributed by atoms with Crippen LogP contribution in [0.3, 0.4) is 0 Å². The van der Waals surface area contributed by atoms with Gasteiger partial charge >= 0.3 is 0 Å². The van der Waals surface area contributed by atoms with Crippen LogP contribution in [0.4, 0.5) is 5.69 Å². The highest BCUT2D eigenvalue weighted by Gasteiger charge is 2.24. The SMILES string of the molecule is COc1ccccc1C(=O)Nc1ccc2c(c1)CN(Cc1cccc(OC)c1OC)C(=O)CO2. The number of amides is 2. The topological polar surface area (TPSA) is 86.3 Å². The number of carbonyl (C=O) groups is 2. The molecule has 1 N–H and O–H groups in total. The molecule has 3 aromatic rings. The highest BCUT2D eigenvalue weighted by molar-refractivity contribution is 6.06. The Morgan fingerprint density at radius 2 is 1.74 bits per heavy atom. The molecule has 0 saturated heterocycles. The maximum absolute atomic E-state index is 12.8. The minimum Gasteiger partial charge on any atom is -0.496 e. The van der Waals surface area contributed by atoms with E-state index in [0.717, 1.165) is 11.1 Å². The minimum absolute atomic E-state index is 0.0772. The summed E-state index contributed by atoms with van der Waals surface area (Å²) in [6.45, 7) is 0.554. The second-order valence-electron chi connectivity index (χ2n) is 7.67. The lowest BCUT2D eigenvalue weighted by atomic mass is 10.1. The van der Waals surface area contributed by atoms with Gasteiger partial charge in [0.2, 0.25) is 0 Å². The van der Waals surface area contributed by atoms with E-state index in [4.69, 9.17) is 18.9 Å². The fourth-order valence-electron chi connectivity index (χ4n) is 3.90. The molecule has 0 aliphatic carbocycles. The van der Waals surface area contributed by atoms with Gasteiger partial charge in [0.05, 0.1) is 26.9 Å². The van der Waals surface area contributed by atoms with Crippen LogP contribution in [-0.4, -0.2) is 44.7 Å². The Hall–Kier alpha value is -4.20. The van der Waals surface area contributed by atoms with Crippen molar-refractivity contribution in [2.24, 2.45) is 0 Å². The molecule has 2 amide bonds. The van der Waals surface area contributed by atoms with Crippen molar-refractivity contribution in [2.45, 2.75) is 13.1 Å². The predicted octanol–water partition coefficient (Wildman–Crippen LogP) is 3.89. The summed E-state index contributed by atoms with van der Waals surface area (Å²) in [7, 11) is 4.67. The molecule has 1 heterocycles. The van der Waals surface area contributed by atoms with Gasteiger partial charge in [-0.15, -0.1) is 0 Å². The van der Waals surface area contributed by atoms with E-state index in [9.17, 15) is 9.59 Å². The van der Waals surface area contributed by atoms with Gasteiger partial charge in [-0.3, -0.25) is 9.59 Å². The molecule has 4 rings (SSSR count). The molecular weight excluding hydrogens is 436 g/mol. The number of para-hydroxylation sites is 2. The average Bonchev–Trinajstić information content (AvgIpc) is 3.01. The van der Waals surface area contributed by atoms with Crippen molar-refractivity contribution in [3.63, 3.8) is 0 Å². The molecule has 34 heavy (non-hydrogen) atoms. The molecule has 0 spiro atoms. The Balaban J connectivity index is 1.57. The summed E-state index contributed by atoms with van der Waals surface area (Å²) in [6.07, 6.45) is 0. The lowest BCUT2D eigenvalue weighted by molar-refractivity contribution is -0.133. The molecule has 0 radical (unpaired) electrons. The first-order valence-electron chi connectivity index (χ1n) is 10.7. The summed E-state index contributed by atoms with van der Waals surface area (Å²) in [5, 5.41) is 2.90. The smallest absolute Gasteiger partial charge is 0.261 e. The quantitative estimate of drug-likeness (QED) is 0.574. The lowest BCUT2D eigenvalue weighted by Crippen LogP contribution is -2.32. The Labute approximate surface area is 198 Å². The van der Waals surface area contributed by atoms with Crippen LogP contribution in [-0.2, 0) is 17.9 Å². The molecule has 0 unspecified atom stereocenters. The highest BCUT2D eigenvalue weighted by atomic mass is 16.5. The van der Waals surface area contributed by atoms with Crippen molar-refractivity contribution in [3.05, 3.63) is 77.4 Å². The first-order valence-corrected chi connectivity index (χ1v) is 10.7. The fraction of sp³-hybridized carbons (Fsp3) is 0.231. The molecule has 176 valence electrons. The molecule has 0 bridgehead atoms. The third-order valence-electron chi connectivity index (χ3n) is 5.58. The number of hydrogen-bond acceptors (Lipinski definition) is 6. The predicted molar refractivity (Wildman–Crippen MR) is 127 cm³/mol. The van der Waals surface area contributed by atoms with E-state index in [1.165, 1.54) is 7.11 Å². The number of fused-ring (bicyclic) bond motifs is 1. The van der Waals surface area contributed by atoms with Crippen molar-refractivity contribution < 1.29 is 28.5 Å². The second-order valence-corrected chi connectivity index (χ2v) is 7.67. The van der Waals surface area contributed by atoms with Crippen LogP contribution in [0.25, 0.3) is 0 Å². The van der Waals surface area contributed by atoms with E-state index < -0.39 is 0 Å². The number of nitrogens with zero attached hydrogens (tertiary/aromatic N) is 1. The Morgan fingerprint density at radius 1 is 0.971 bits per heavy atom. The van der Waals surface area contributed by atoms with Crippen LogP contribution in [0.15, 0.2) is 60.7 Å². The maximum atomic E-state index is 12.8. The monoisotopic (exact) mass is 462 g/mol. The zero-order valence-corrected chi connectivity index (χ0v) is 19.3. The maximum Gasteiger partial charge on any atom is 0.261 e. The van der Waals surface area contributed by atoms with E-state index in [2.05, 4.69) is 5.32 Å². The number of rotatable bonds is 7. The Bertz CT molecular complexity index is 1210. The van der Waals surface area contributed by atoms with E-state index in [-0.39, 0.29) is 18.4 Å². The summed E-state index contributed by atoms with van der Waals surface area (Å²) in [5.41, 5.74) is 2.62. The van der Waals surface area contributed by atoms with Gasteiger partial charge < -0.3 is 29.2 Å². The van der Waals surface area contributed by atoms with Crippen molar-refractivity contribution in [3.8, 4) is 23.0 Å². The van der Waals surface area contributed by atoms with Crippen LogP contribution in [0.1, 0.15) is 21.5 Å². The van der Waals surface area contributed by atoms with Crippen LogP contribution in [0.2, 0.25) is 0 Å². The molecule has 0 aromatic heterocycles. The molecule has 1 aliphatic rings. The number of benzene rings is 3. The van der Waals surface area contributed by atoms with Gasteiger partial charge in [0.1, 0.15) is 11.5 Å². The minimum atomic E-state index is -0.291. The second kappa shape index (κ2) is 10.2. The molecule has 0 atom stereocenters. The summed E-state index contributed by atoms with van der Waals surface area (Å²) in [4.78, 5) is 27.3. The molecule has 8 heteroatoms. The van der Waals surface area contributed by atoms with Gasteiger partial charge in [0.25, 0.3) is 11.8 Å². The largest absolute Gasteiger partial charge is 0.496 e. The number of anilines is 1. The van der Waals surface area contributed by atoms with E-state index in [0.29, 0.717) is 47.3 Å². The van der Waals surface area contributed by atoms with Gasteiger partial charge in [0.15, 0.2) is 18.1 Å². The van der Waals surface area contributed by atoms with Crippen LogP contribution in [0.5, 0.6) is 23.0 Å². The number of methoxy groups -OCH3 is 3. The molecule has 0 fully saturated rings. The zero-order chi connectivity index (χ0) is 24.1. The number of carbonyl (C=O) groups excluding carboxylic acids is 2. The van der Waals surface area contributed by atoms with Gasteiger partial charge in [-0.2, -0.15) is 0 Å². The van der Waals surface area contributed by atoms with Gasteiger partial charge in [-0.25, -0.2) is 0 Å². The summed E-state index contributed by atoms with van der Waals surface area (Å²) >= 11 is 0. The van der Waals surface area contributed by atoms with E-state index in [1.807, 2.05) is 24.3 Å². The zero-order valence-electron chi connectivity index (χ0n) is 19.3. The van der Waals surface area contributed by atoms with Crippen molar-refractivity contribution >= 4 is 17.5 Å². The summed E-state index contributed by atoms with van der Waals surface area (Å²) in [5.74, 6) is 1.83. The average molecular weight is 463 g/mol. The fourth-order valence-corrected chi connectivity index (χ4v) is 3.90. The van der Waals surface area contributed by atoms with Crippen molar-refractivity contribution in [2.75, 3.05) is 33.3 Å². The Kier molecular flexibility index (Phi) is 6.87. The molecule has 3 aromatic carbocycles. The van der Waals surface area contributed by atoms with Gasteiger partial charge in [-0.1, -0.05) is 24.3 Å². The third-order valence-corrected chi connectivity index (χ3v) is 5.58. The first kappa shape index (κ1) is 23.0. The normalized spacial score (nSPS) is 12.8. The van der Waals surface area contributed by atoms with E-state index >= 15 is 0 Å². The summed E-state index contributed by atoms with van der Waals surface area (Å²) < 4.78 is 21.9. The van der Waals surface area contributed by atoms with Crippen molar-refractivity contribution in [1.29, 1.82) is 0 Å². The van der Waals surface area contributed by atoms with E-state index in [1.54, 1.807) is 55.5 Å². The standard InChI is InChI=1S/C26H26N2O6/c1-31-22-9-5-4-8-20(22)26(30)27-19-11-12-21-18(13-19)15-28(24(29)16-34-21)14-17-7-6-10-23(32-2)25(17)33-3/h4-13H,14-16H2,1-3H3,(H,27,30). The lowest BCUT2D eigenvalue weighted by Gasteiger charge is -2.22. The molecule has 1 aliphatic heterocycles. The first-order chi connectivity index (χ1) is 16.5. The van der Waals surface area contributed by atoms with Crippen LogP contribution >= 0.6 is 0 Å². The highest BCUT2D eigenvalue weighted by Crippen LogP contribution is 2.33. The molecule has 8 nitrogen and oxygen atoms in total.